The van der Waals surface area contributed by atoms with Crippen LogP contribution in [0.3, 0.4) is 0 Å². The lowest BCUT2D eigenvalue weighted by atomic mass is 9.70. The Balaban J connectivity index is 0.00000196. The summed E-state index contributed by atoms with van der Waals surface area (Å²) in [7, 11) is 0. The molecule has 4 rings (SSSR count). The minimum Gasteiger partial charge on any atom is -0.381 e. The van der Waals surface area contributed by atoms with Crippen LogP contribution >= 0.6 is 12.4 Å². The van der Waals surface area contributed by atoms with E-state index in [9.17, 15) is 4.79 Å². The van der Waals surface area contributed by atoms with Crippen LogP contribution in [-0.4, -0.2) is 50.2 Å². The van der Waals surface area contributed by atoms with Gasteiger partial charge in [0.2, 0.25) is 5.91 Å². The Morgan fingerprint density at radius 2 is 1.77 bits per heavy atom. The van der Waals surface area contributed by atoms with Crippen molar-refractivity contribution in [3.05, 3.63) is 35.4 Å². The molecule has 3 fully saturated rings. The first-order valence-corrected chi connectivity index (χ1v) is 9.79. The highest BCUT2D eigenvalue weighted by Gasteiger charge is 2.47. The quantitative estimate of drug-likeness (QED) is 0.859. The van der Waals surface area contributed by atoms with E-state index in [1.54, 1.807) is 0 Å². The first kappa shape index (κ1) is 19.7. The van der Waals surface area contributed by atoms with E-state index >= 15 is 0 Å². The number of halogens is 1. The van der Waals surface area contributed by atoms with Crippen molar-refractivity contribution in [2.45, 2.75) is 44.4 Å². The number of hydrogen-bond acceptors (Lipinski definition) is 3. The lowest BCUT2D eigenvalue weighted by Crippen LogP contribution is -2.53. The summed E-state index contributed by atoms with van der Waals surface area (Å²) in [5.74, 6) is 0.339. The second kappa shape index (κ2) is 7.87. The minimum absolute atomic E-state index is 0. The fourth-order valence-electron chi connectivity index (χ4n) is 5.14. The molecule has 0 aromatic heterocycles. The molecule has 26 heavy (non-hydrogen) atoms. The molecule has 0 unspecified atom stereocenters. The van der Waals surface area contributed by atoms with Crippen LogP contribution in [0.1, 0.15) is 43.2 Å². The third-order valence-electron chi connectivity index (χ3n) is 6.86. The molecule has 3 saturated heterocycles. The number of carbonyl (C=O) groups excluding carboxylic acids is 1. The number of piperidine rings is 1. The topological polar surface area (TPSA) is 41.6 Å². The highest BCUT2D eigenvalue weighted by atomic mass is 35.5. The number of hydrogen-bond donors (Lipinski definition) is 1. The van der Waals surface area contributed by atoms with Crippen molar-refractivity contribution in [2.24, 2.45) is 5.41 Å². The Bertz CT molecular complexity index is 627. The molecule has 5 heteroatoms. The van der Waals surface area contributed by atoms with Crippen molar-refractivity contribution in [1.29, 1.82) is 0 Å². The summed E-state index contributed by atoms with van der Waals surface area (Å²) in [5.41, 5.74) is 2.50. The van der Waals surface area contributed by atoms with Gasteiger partial charge in [-0.3, -0.25) is 4.79 Å². The van der Waals surface area contributed by atoms with Gasteiger partial charge in [0.05, 0.1) is 5.41 Å². The Labute approximate surface area is 163 Å². The first-order valence-electron chi connectivity index (χ1n) is 9.79. The third kappa shape index (κ3) is 3.39. The molecule has 3 aliphatic rings. The minimum atomic E-state index is -0.387. The number of likely N-dealkylation sites (tertiary alicyclic amines) is 1. The molecule has 1 aromatic rings. The van der Waals surface area contributed by atoms with Gasteiger partial charge in [0.25, 0.3) is 0 Å². The number of rotatable bonds is 2. The van der Waals surface area contributed by atoms with E-state index in [1.807, 2.05) is 0 Å². The molecule has 0 saturated carbocycles. The summed E-state index contributed by atoms with van der Waals surface area (Å²) in [6, 6.07) is 8.43. The Morgan fingerprint density at radius 1 is 1.08 bits per heavy atom. The zero-order valence-electron chi connectivity index (χ0n) is 15.8. The summed E-state index contributed by atoms with van der Waals surface area (Å²) in [6.07, 6.45) is 5.17. The van der Waals surface area contributed by atoms with Crippen LogP contribution in [0.15, 0.2) is 24.3 Å². The molecule has 0 radical (unpaired) electrons. The van der Waals surface area contributed by atoms with Crippen LogP contribution in [0.2, 0.25) is 0 Å². The van der Waals surface area contributed by atoms with E-state index in [-0.39, 0.29) is 17.8 Å². The monoisotopic (exact) mass is 378 g/mol. The molecule has 3 aliphatic heterocycles. The average Bonchev–Trinajstić information content (AvgIpc) is 3.11. The average molecular weight is 379 g/mol. The van der Waals surface area contributed by atoms with E-state index < -0.39 is 0 Å². The van der Waals surface area contributed by atoms with Gasteiger partial charge in [-0.05, 0) is 62.1 Å². The van der Waals surface area contributed by atoms with Gasteiger partial charge in [-0.15, -0.1) is 12.4 Å². The maximum Gasteiger partial charge on any atom is 0.233 e. The summed E-state index contributed by atoms with van der Waals surface area (Å²) < 4.78 is 5.62. The Kier molecular flexibility index (Phi) is 5.95. The van der Waals surface area contributed by atoms with Crippen LogP contribution < -0.4 is 5.32 Å². The molecule has 1 amide bonds. The number of nitrogens with one attached hydrogen (secondary N) is 1. The van der Waals surface area contributed by atoms with E-state index in [2.05, 4.69) is 41.4 Å². The van der Waals surface area contributed by atoms with E-state index in [4.69, 9.17) is 4.74 Å². The first-order chi connectivity index (χ1) is 12.2. The fourth-order valence-corrected chi connectivity index (χ4v) is 5.14. The predicted molar refractivity (Wildman–Crippen MR) is 106 cm³/mol. The highest BCUT2D eigenvalue weighted by Crippen LogP contribution is 2.42. The third-order valence-corrected chi connectivity index (χ3v) is 6.86. The zero-order chi connectivity index (χ0) is 17.3. The standard InChI is InChI=1S/C21H30N2O2.ClH/c1-17-4-2-3-5-18(17)21(9-14-25-15-10-21)19(24)23-12-7-20(8-13-23)6-11-22-16-20;/h2-5,22H,6-16H2,1H3;1H. The zero-order valence-corrected chi connectivity index (χ0v) is 16.6. The second-order valence-corrected chi connectivity index (χ2v) is 8.23. The van der Waals surface area contributed by atoms with Gasteiger partial charge in [-0.25, -0.2) is 0 Å². The van der Waals surface area contributed by atoms with E-state index in [1.165, 1.54) is 17.5 Å². The van der Waals surface area contributed by atoms with Gasteiger partial charge in [-0.1, -0.05) is 24.3 Å². The molecule has 1 spiro atoms. The van der Waals surface area contributed by atoms with Crippen molar-refractivity contribution < 1.29 is 9.53 Å². The molecule has 3 heterocycles. The number of amides is 1. The maximum absolute atomic E-state index is 13.7. The van der Waals surface area contributed by atoms with Gasteiger partial charge in [0, 0.05) is 32.8 Å². The molecule has 1 N–H and O–H groups in total. The lowest BCUT2D eigenvalue weighted by Gasteiger charge is -2.45. The number of ether oxygens (including phenoxy) is 1. The van der Waals surface area contributed by atoms with Crippen molar-refractivity contribution in [1.82, 2.24) is 10.2 Å². The number of nitrogens with zero attached hydrogens (tertiary/aromatic N) is 1. The summed E-state index contributed by atoms with van der Waals surface area (Å²) >= 11 is 0. The van der Waals surface area contributed by atoms with Gasteiger partial charge in [0.15, 0.2) is 0 Å². The van der Waals surface area contributed by atoms with Gasteiger partial charge in [-0.2, -0.15) is 0 Å². The fraction of sp³-hybridized carbons (Fsp3) is 0.667. The van der Waals surface area contributed by atoms with Gasteiger partial charge >= 0.3 is 0 Å². The molecule has 0 bridgehead atoms. The number of aryl methyl sites for hydroxylation is 1. The summed E-state index contributed by atoms with van der Waals surface area (Å²) in [6.45, 7) is 7.59. The number of benzene rings is 1. The van der Waals surface area contributed by atoms with Crippen LogP contribution in [0.25, 0.3) is 0 Å². The molecule has 144 valence electrons. The summed E-state index contributed by atoms with van der Waals surface area (Å²) in [4.78, 5) is 15.8. The smallest absolute Gasteiger partial charge is 0.233 e. The second-order valence-electron chi connectivity index (χ2n) is 8.23. The predicted octanol–water partition coefficient (Wildman–Crippen LogP) is 3.07. The van der Waals surface area contributed by atoms with E-state index in [0.29, 0.717) is 24.5 Å². The number of carbonyl (C=O) groups is 1. The largest absolute Gasteiger partial charge is 0.381 e. The van der Waals surface area contributed by atoms with Gasteiger partial charge in [0.1, 0.15) is 0 Å². The molecule has 1 aromatic carbocycles. The SMILES string of the molecule is Cc1ccccc1C1(C(=O)N2CCC3(CCNC3)CC2)CCOCC1.Cl. The summed E-state index contributed by atoms with van der Waals surface area (Å²) in [5, 5.41) is 3.51. The highest BCUT2D eigenvalue weighted by molar-refractivity contribution is 5.89. The van der Waals surface area contributed by atoms with Crippen LogP contribution in [-0.2, 0) is 14.9 Å². The molecule has 0 aliphatic carbocycles. The maximum atomic E-state index is 13.7. The Hall–Kier alpha value is -1.10. The Morgan fingerprint density at radius 3 is 2.38 bits per heavy atom. The molecular weight excluding hydrogens is 348 g/mol. The van der Waals surface area contributed by atoms with E-state index in [0.717, 1.165) is 51.9 Å². The molecule has 0 atom stereocenters. The van der Waals surface area contributed by atoms with Gasteiger partial charge < -0.3 is 15.0 Å². The van der Waals surface area contributed by atoms with Crippen molar-refractivity contribution in [3.8, 4) is 0 Å². The normalized spacial score (nSPS) is 24.3. The molecular formula is C21H31ClN2O2. The van der Waals surface area contributed by atoms with Crippen LogP contribution in [0.5, 0.6) is 0 Å². The lowest BCUT2D eigenvalue weighted by molar-refractivity contribution is -0.143. The van der Waals surface area contributed by atoms with Crippen molar-refractivity contribution in [2.75, 3.05) is 39.4 Å². The van der Waals surface area contributed by atoms with Crippen molar-refractivity contribution in [3.63, 3.8) is 0 Å². The molecule has 4 nitrogen and oxygen atoms in total. The van der Waals surface area contributed by atoms with Crippen LogP contribution in [0, 0.1) is 12.3 Å². The van der Waals surface area contributed by atoms with Crippen LogP contribution in [0.4, 0.5) is 0 Å². The van der Waals surface area contributed by atoms with Crippen molar-refractivity contribution >= 4 is 18.3 Å².